The molecule has 0 unspecified atom stereocenters. The maximum atomic E-state index is 12.3. The van der Waals surface area contributed by atoms with Gasteiger partial charge in [-0.25, -0.2) is 0 Å². The molecule has 19 heavy (non-hydrogen) atoms. The van der Waals surface area contributed by atoms with Gasteiger partial charge in [-0.1, -0.05) is 16.6 Å². The maximum absolute atomic E-state index is 12.3. The molecule has 0 atom stereocenters. The summed E-state index contributed by atoms with van der Waals surface area (Å²) in [6, 6.07) is 7.62. The van der Waals surface area contributed by atoms with Gasteiger partial charge in [-0.05, 0) is 43.1 Å². The van der Waals surface area contributed by atoms with E-state index in [1.807, 2.05) is 38.1 Å². The van der Waals surface area contributed by atoms with E-state index in [1.165, 1.54) is 11.5 Å². The first-order valence-electron chi connectivity index (χ1n) is 6.00. The highest BCUT2D eigenvalue weighted by Crippen LogP contribution is 2.14. The van der Waals surface area contributed by atoms with E-state index in [4.69, 9.17) is 5.73 Å². The van der Waals surface area contributed by atoms with E-state index in [2.05, 4.69) is 9.59 Å². The molecule has 1 amide bonds. The minimum Gasteiger partial charge on any atom is -0.399 e. The molecule has 0 aliphatic heterocycles. The number of nitrogens with two attached hydrogens (primary N) is 1. The Hall–Kier alpha value is -1.95. The molecule has 2 rings (SSSR count). The largest absolute Gasteiger partial charge is 0.399 e. The second-order valence-corrected chi connectivity index (χ2v) is 5.17. The van der Waals surface area contributed by atoms with Crippen LogP contribution in [0.2, 0.25) is 0 Å². The van der Waals surface area contributed by atoms with Crippen molar-refractivity contribution in [2.75, 3.05) is 5.73 Å². The molecule has 1 aromatic carbocycles. The summed E-state index contributed by atoms with van der Waals surface area (Å²) in [5.41, 5.74) is 7.81. The fourth-order valence-electron chi connectivity index (χ4n) is 1.71. The lowest BCUT2D eigenvalue weighted by Crippen LogP contribution is -2.36. The van der Waals surface area contributed by atoms with Crippen LogP contribution in [0, 0.1) is 0 Å². The average molecular weight is 276 g/mol. The van der Waals surface area contributed by atoms with Gasteiger partial charge in [-0.15, -0.1) is 5.10 Å². The molecule has 0 fully saturated rings. The van der Waals surface area contributed by atoms with Gasteiger partial charge in [0.25, 0.3) is 5.91 Å². The normalized spacial score (nSPS) is 10.7. The van der Waals surface area contributed by atoms with Crippen LogP contribution in [0.3, 0.4) is 0 Å². The molecule has 2 aromatic rings. The Balaban J connectivity index is 2.17. The molecular formula is C13H16N4OS. The number of rotatable bonds is 4. The van der Waals surface area contributed by atoms with Gasteiger partial charge in [-0.2, -0.15) is 0 Å². The lowest BCUT2D eigenvalue weighted by Gasteiger charge is -2.26. The van der Waals surface area contributed by atoms with Crippen LogP contribution >= 0.6 is 11.5 Å². The molecule has 100 valence electrons. The molecule has 2 N–H and O–H groups in total. The number of carbonyl (C=O) groups is 1. The second kappa shape index (κ2) is 5.79. The van der Waals surface area contributed by atoms with E-state index in [1.54, 1.807) is 10.3 Å². The number of nitrogens with zero attached hydrogens (tertiary/aromatic N) is 3. The van der Waals surface area contributed by atoms with Crippen molar-refractivity contribution in [3.63, 3.8) is 0 Å². The van der Waals surface area contributed by atoms with Gasteiger partial charge < -0.3 is 10.6 Å². The number of carbonyl (C=O) groups excluding carboxylic acids is 1. The molecule has 0 saturated carbocycles. The van der Waals surface area contributed by atoms with Gasteiger partial charge in [0.15, 0.2) is 5.69 Å². The highest BCUT2D eigenvalue weighted by atomic mass is 32.1. The van der Waals surface area contributed by atoms with Crippen LogP contribution in [0.5, 0.6) is 0 Å². The molecule has 0 radical (unpaired) electrons. The Bertz CT molecular complexity index is 536. The molecule has 5 nitrogen and oxygen atoms in total. The van der Waals surface area contributed by atoms with Gasteiger partial charge in [0.2, 0.25) is 0 Å². The van der Waals surface area contributed by atoms with Crippen LogP contribution in [-0.4, -0.2) is 26.4 Å². The Morgan fingerprint density at radius 2 is 2.05 bits per heavy atom. The van der Waals surface area contributed by atoms with E-state index >= 15 is 0 Å². The summed E-state index contributed by atoms with van der Waals surface area (Å²) in [5, 5.41) is 5.50. The van der Waals surface area contributed by atoms with Crippen molar-refractivity contribution < 1.29 is 4.79 Å². The average Bonchev–Trinajstić information content (AvgIpc) is 2.91. The van der Waals surface area contributed by atoms with Gasteiger partial charge in [0.05, 0.1) is 0 Å². The predicted molar refractivity (Wildman–Crippen MR) is 75.8 cm³/mol. The van der Waals surface area contributed by atoms with Crippen LogP contribution in [0.25, 0.3) is 0 Å². The van der Waals surface area contributed by atoms with Gasteiger partial charge in [0.1, 0.15) is 0 Å². The number of nitrogen functional groups attached to an aromatic ring is 1. The van der Waals surface area contributed by atoms with E-state index < -0.39 is 0 Å². The van der Waals surface area contributed by atoms with Crippen LogP contribution in [0.4, 0.5) is 5.69 Å². The van der Waals surface area contributed by atoms with Crippen molar-refractivity contribution in [1.82, 2.24) is 14.5 Å². The van der Waals surface area contributed by atoms with Crippen molar-refractivity contribution in [2.24, 2.45) is 0 Å². The summed E-state index contributed by atoms with van der Waals surface area (Å²) in [6.07, 6.45) is 0. The lowest BCUT2D eigenvalue weighted by molar-refractivity contribution is 0.0684. The third kappa shape index (κ3) is 3.29. The molecule has 0 bridgehead atoms. The number of hydrogen-bond acceptors (Lipinski definition) is 5. The van der Waals surface area contributed by atoms with E-state index in [-0.39, 0.29) is 11.9 Å². The summed E-state index contributed by atoms with van der Waals surface area (Å²) >= 11 is 1.18. The van der Waals surface area contributed by atoms with Crippen molar-refractivity contribution in [1.29, 1.82) is 0 Å². The summed E-state index contributed by atoms with van der Waals surface area (Å²) in [7, 11) is 0. The van der Waals surface area contributed by atoms with Crippen LogP contribution < -0.4 is 5.73 Å². The predicted octanol–water partition coefficient (Wildman–Crippen LogP) is 2.17. The smallest absolute Gasteiger partial charge is 0.275 e. The van der Waals surface area contributed by atoms with Crippen molar-refractivity contribution >= 4 is 23.1 Å². The fraction of sp³-hybridized carbons (Fsp3) is 0.308. The molecule has 6 heteroatoms. The third-order valence-corrected chi connectivity index (χ3v) is 3.30. The Morgan fingerprint density at radius 3 is 2.58 bits per heavy atom. The van der Waals surface area contributed by atoms with Gasteiger partial charge in [-0.3, -0.25) is 4.79 Å². The van der Waals surface area contributed by atoms with Crippen molar-refractivity contribution in [3.05, 3.63) is 40.9 Å². The maximum Gasteiger partial charge on any atom is 0.275 e. The lowest BCUT2D eigenvalue weighted by atomic mass is 10.1. The molecule has 0 saturated heterocycles. The first-order valence-corrected chi connectivity index (χ1v) is 6.84. The van der Waals surface area contributed by atoms with E-state index in [0.717, 1.165) is 11.3 Å². The first kappa shape index (κ1) is 13.5. The highest BCUT2D eigenvalue weighted by Gasteiger charge is 2.21. The monoisotopic (exact) mass is 276 g/mol. The number of aromatic nitrogens is 2. The van der Waals surface area contributed by atoms with Gasteiger partial charge in [0, 0.05) is 23.7 Å². The van der Waals surface area contributed by atoms with Crippen LogP contribution in [-0.2, 0) is 6.54 Å². The van der Waals surface area contributed by atoms with E-state index in [9.17, 15) is 4.79 Å². The first-order chi connectivity index (χ1) is 9.08. The molecule has 1 aromatic heterocycles. The number of amides is 1. The minimum absolute atomic E-state index is 0.0896. The minimum atomic E-state index is -0.0967. The quantitative estimate of drug-likeness (QED) is 0.869. The highest BCUT2D eigenvalue weighted by molar-refractivity contribution is 7.03. The molecule has 0 aliphatic carbocycles. The number of hydrogen-bond donors (Lipinski definition) is 1. The third-order valence-electron chi connectivity index (χ3n) is 2.80. The standard InChI is InChI=1S/C13H16N4OS/c1-9(2)17(13(18)12-8-19-16-15-12)7-10-3-5-11(14)6-4-10/h3-6,8-9H,7,14H2,1-2H3. The summed E-state index contributed by atoms with van der Waals surface area (Å²) < 4.78 is 3.73. The van der Waals surface area contributed by atoms with Crippen molar-refractivity contribution in [2.45, 2.75) is 26.4 Å². The topological polar surface area (TPSA) is 72.1 Å². The number of anilines is 1. The number of benzene rings is 1. The SMILES string of the molecule is CC(C)N(Cc1ccc(N)cc1)C(=O)c1csnn1. The second-order valence-electron chi connectivity index (χ2n) is 4.56. The van der Waals surface area contributed by atoms with Crippen molar-refractivity contribution in [3.8, 4) is 0 Å². The summed E-state index contributed by atoms with van der Waals surface area (Å²) in [5.74, 6) is -0.0967. The Kier molecular flexibility index (Phi) is 4.11. The fourth-order valence-corrected chi connectivity index (χ4v) is 2.14. The zero-order chi connectivity index (χ0) is 13.8. The van der Waals surface area contributed by atoms with Gasteiger partial charge >= 0.3 is 0 Å². The van der Waals surface area contributed by atoms with Crippen LogP contribution in [0.1, 0.15) is 29.9 Å². The molecular weight excluding hydrogens is 260 g/mol. The molecule has 0 aliphatic rings. The summed E-state index contributed by atoms with van der Waals surface area (Å²) in [4.78, 5) is 14.1. The zero-order valence-electron chi connectivity index (χ0n) is 10.9. The molecule has 0 spiro atoms. The summed E-state index contributed by atoms with van der Waals surface area (Å²) in [6.45, 7) is 4.50. The zero-order valence-corrected chi connectivity index (χ0v) is 11.7. The molecule has 1 heterocycles. The van der Waals surface area contributed by atoms with Crippen LogP contribution in [0.15, 0.2) is 29.6 Å². The Morgan fingerprint density at radius 1 is 1.37 bits per heavy atom. The Labute approximate surface area is 116 Å². The van der Waals surface area contributed by atoms with E-state index in [0.29, 0.717) is 12.2 Å².